The van der Waals surface area contributed by atoms with Gasteiger partial charge in [-0.25, -0.2) is 9.59 Å². The smallest absolute Gasteiger partial charge is 0.327 e. The third kappa shape index (κ3) is 4.14. The number of rotatable bonds is 2. The molecule has 1 aromatic carbocycles. The van der Waals surface area contributed by atoms with Crippen LogP contribution >= 0.6 is 59.6 Å². The first kappa shape index (κ1) is 17.1. The number of aliphatic carboxylic acids is 1. The summed E-state index contributed by atoms with van der Waals surface area (Å²) in [4.78, 5) is 25.0. The first-order chi connectivity index (χ1) is 9.90. The lowest BCUT2D eigenvalue weighted by atomic mass is 10.3. The summed E-state index contributed by atoms with van der Waals surface area (Å²) in [7, 11) is 0. The number of carbonyl (C=O) groups excluding carboxylic acids is 1. The van der Waals surface area contributed by atoms with E-state index in [1.165, 1.54) is 16.7 Å². The van der Waals surface area contributed by atoms with Crippen molar-refractivity contribution in [2.45, 2.75) is 6.04 Å². The van der Waals surface area contributed by atoms with E-state index in [0.29, 0.717) is 26.9 Å². The zero-order valence-electron chi connectivity index (χ0n) is 10.6. The third-order valence-electron chi connectivity index (χ3n) is 2.91. The molecule has 1 unspecified atom stereocenters. The van der Waals surface area contributed by atoms with Crippen molar-refractivity contribution < 1.29 is 14.7 Å². The van der Waals surface area contributed by atoms with Crippen molar-refractivity contribution in [3.63, 3.8) is 0 Å². The topological polar surface area (TPSA) is 69.6 Å². The summed E-state index contributed by atoms with van der Waals surface area (Å²) >= 11 is 11.7. The Bertz CT molecular complexity index is 562. The van der Waals surface area contributed by atoms with Gasteiger partial charge in [-0.1, -0.05) is 15.9 Å². The first-order valence-electron chi connectivity index (χ1n) is 5.93. The summed E-state index contributed by atoms with van der Waals surface area (Å²) in [6.07, 6.45) is 0. The summed E-state index contributed by atoms with van der Waals surface area (Å²) in [5.74, 6) is 0.164. The normalized spacial score (nSPS) is 18.4. The number of thioether (sulfide) groups is 1. The summed E-state index contributed by atoms with van der Waals surface area (Å²) in [5.41, 5.74) is 0.575. The third-order valence-corrected chi connectivity index (χ3v) is 5.64. The molecule has 2 N–H and O–H groups in total. The SMILES string of the molecule is O=C(O)C1CSCCN1C(=O)Nc1c(Br)cc(Br)cc1Br. The minimum absolute atomic E-state index is 0.408. The Kier molecular flexibility index (Phi) is 5.98. The number of amides is 2. The number of nitrogens with one attached hydrogen (secondary N) is 1. The van der Waals surface area contributed by atoms with Gasteiger partial charge in [0.2, 0.25) is 0 Å². The molecular formula is C12H11Br3N2O3S. The van der Waals surface area contributed by atoms with E-state index in [4.69, 9.17) is 0 Å². The number of hydrogen-bond acceptors (Lipinski definition) is 3. The molecule has 5 nitrogen and oxygen atoms in total. The fourth-order valence-corrected chi connectivity index (χ4v) is 5.39. The Morgan fingerprint density at radius 1 is 1.29 bits per heavy atom. The Balaban J connectivity index is 2.19. The minimum Gasteiger partial charge on any atom is -0.480 e. The number of anilines is 1. The molecule has 0 bridgehead atoms. The van der Waals surface area contributed by atoms with Crippen LogP contribution in [0.2, 0.25) is 0 Å². The second-order valence-corrected chi connectivity index (χ2v) is 8.07. The van der Waals surface area contributed by atoms with E-state index in [-0.39, 0.29) is 0 Å². The van der Waals surface area contributed by atoms with Crippen molar-refractivity contribution in [1.29, 1.82) is 0 Å². The highest BCUT2D eigenvalue weighted by molar-refractivity contribution is 9.11. The fraction of sp³-hybridized carbons (Fsp3) is 0.333. The molecule has 1 atom stereocenters. The first-order valence-corrected chi connectivity index (χ1v) is 9.46. The van der Waals surface area contributed by atoms with Crippen molar-refractivity contribution in [2.24, 2.45) is 0 Å². The molecular weight excluding hydrogens is 492 g/mol. The van der Waals surface area contributed by atoms with Gasteiger partial charge in [-0.05, 0) is 44.0 Å². The van der Waals surface area contributed by atoms with E-state index in [0.717, 1.165) is 10.2 Å². The molecule has 1 saturated heterocycles. The van der Waals surface area contributed by atoms with Gasteiger partial charge in [-0.15, -0.1) is 0 Å². The molecule has 1 aliphatic heterocycles. The molecule has 0 aromatic heterocycles. The Labute approximate surface area is 151 Å². The van der Waals surface area contributed by atoms with Gasteiger partial charge in [0.15, 0.2) is 0 Å². The second-order valence-electron chi connectivity index (χ2n) is 4.30. The maximum absolute atomic E-state index is 12.4. The summed E-state index contributed by atoms with van der Waals surface area (Å²) in [6.45, 7) is 0.416. The molecule has 1 aromatic rings. The summed E-state index contributed by atoms with van der Waals surface area (Å²) in [6, 6.07) is 2.41. The van der Waals surface area contributed by atoms with Crippen LogP contribution in [0.15, 0.2) is 25.6 Å². The second kappa shape index (κ2) is 7.34. The molecule has 114 valence electrons. The lowest BCUT2D eigenvalue weighted by Crippen LogP contribution is -2.51. The van der Waals surface area contributed by atoms with Crippen LogP contribution in [0.4, 0.5) is 10.5 Å². The summed E-state index contributed by atoms with van der Waals surface area (Å²) in [5, 5.41) is 12.0. The van der Waals surface area contributed by atoms with Crippen LogP contribution in [0, 0.1) is 0 Å². The van der Waals surface area contributed by atoms with Crippen molar-refractivity contribution in [1.82, 2.24) is 4.90 Å². The van der Waals surface area contributed by atoms with Crippen LogP contribution in [0.25, 0.3) is 0 Å². The van der Waals surface area contributed by atoms with Gasteiger partial charge in [0.1, 0.15) is 6.04 Å². The van der Waals surface area contributed by atoms with E-state index < -0.39 is 18.0 Å². The van der Waals surface area contributed by atoms with Crippen molar-refractivity contribution >= 4 is 77.2 Å². The highest BCUT2D eigenvalue weighted by atomic mass is 79.9. The van der Waals surface area contributed by atoms with E-state index in [1.54, 1.807) is 12.1 Å². The molecule has 9 heteroatoms. The van der Waals surface area contributed by atoms with Crippen LogP contribution in [0.3, 0.4) is 0 Å². The van der Waals surface area contributed by atoms with E-state index in [2.05, 4.69) is 53.1 Å². The predicted molar refractivity (Wildman–Crippen MR) is 94.0 cm³/mol. The zero-order valence-corrected chi connectivity index (χ0v) is 16.2. The Morgan fingerprint density at radius 3 is 2.48 bits per heavy atom. The standard InChI is InChI=1S/C12H11Br3N2O3S/c13-6-3-7(14)10(8(15)4-6)16-12(20)17-1-2-21-5-9(17)11(18)19/h3-4,9H,1-2,5H2,(H,16,20)(H,18,19). The number of carboxylic acids is 1. The fourth-order valence-electron chi connectivity index (χ4n) is 1.89. The monoisotopic (exact) mass is 500 g/mol. The van der Waals surface area contributed by atoms with E-state index >= 15 is 0 Å². The summed E-state index contributed by atoms with van der Waals surface area (Å²) < 4.78 is 2.27. The zero-order chi connectivity index (χ0) is 15.6. The molecule has 2 rings (SSSR count). The number of urea groups is 1. The molecule has 1 aliphatic rings. The molecule has 0 spiro atoms. The van der Waals surface area contributed by atoms with Crippen LogP contribution in [0.1, 0.15) is 0 Å². The lowest BCUT2D eigenvalue weighted by molar-refractivity contribution is -0.141. The quantitative estimate of drug-likeness (QED) is 0.641. The Morgan fingerprint density at radius 2 is 1.90 bits per heavy atom. The van der Waals surface area contributed by atoms with Crippen molar-refractivity contribution in [3.8, 4) is 0 Å². The van der Waals surface area contributed by atoms with Gasteiger partial charge in [0, 0.05) is 31.5 Å². The van der Waals surface area contributed by atoms with Gasteiger partial charge in [-0.3, -0.25) is 0 Å². The largest absolute Gasteiger partial charge is 0.480 e. The number of carbonyl (C=O) groups is 2. The average molecular weight is 503 g/mol. The lowest BCUT2D eigenvalue weighted by Gasteiger charge is -2.32. The highest BCUT2D eigenvalue weighted by Gasteiger charge is 2.32. The maximum atomic E-state index is 12.4. The molecule has 0 aliphatic carbocycles. The van der Waals surface area contributed by atoms with E-state index in [1.807, 2.05) is 0 Å². The average Bonchev–Trinajstić information content (AvgIpc) is 2.42. The van der Waals surface area contributed by atoms with Gasteiger partial charge in [0.25, 0.3) is 0 Å². The van der Waals surface area contributed by atoms with Crippen LogP contribution in [0.5, 0.6) is 0 Å². The highest BCUT2D eigenvalue weighted by Crippen LogP contribution is 2.34. The number of nitrogens with zero attached hydrogens (tertiary/aromatic N) is 1. The van der Waals surface area contributed by atoms with E-state index in [9.17, 15) is 14.7 Å². The van der Waals surface area contributed by atoms with Gasteiger partial charge >= 0.3 is 12.0 Å². The number of carboxylic acid groups (broad SMARTS) is 1. The van der Waals surface area contributed by atoms with Crippen LogP contribution in [-0.4, -0.2) is 46.1 Å². The van der Waals surface area contributed by atoms with Gasteiger partial charge < -0.3 is 15.3 Å². The number of halogens is 3. The number of benzene rings is 1. The molecule has 1 heterocycles. The molecule has 1 fully saturated rings. The molecule has 0 radical (unpaired) electrons. The Hall–Kier alpha value is -0.250. The van der Waals surface area contributed by atoms with Crippen LogP contribution in [-0.2, 0) is 4.79 Å². The van der Waals surface area contributed by atoms with Crippen LogP contribution < -0.4 is 5.32 Å². The molecule has 2 amide bonds. The maximum Gasteiger partial charge on any atom is 0.327 e. The molecule has 21 heavy (non-hydrogen) atoms. The predicted octanol–water partition coefficient (Wildman–Crippen LogP) is 4.01. The van der Waals surface area contributed by atoms with Crippen molar-refractivity contribution in [3.05, 3.63) is 25.6 Å². The van der Waals surface area contributed by atoms with Gasteiger partial charge in [-0.2, -0.15) is 11.8 Å². The minimum atomic E-state index is -0.980. The number of hydrogen-bond donors (Lipinski definition) is 2. The molecule has 0 saturated carbocycles. The van der Waals surface area contributed by atoms with Crippen molar-refractivity contribution in [2.75, 3.05) is 23.4 Å². The van der Waals surface area contributed by atoms with Gasteiger partial charge in [0.05, 0.1) is 5.69 Å².